The fraction of sp³-hybridized carbons (Fsp3) is 0.867. The number of nitrogens with zero attached hydrogens (tertiary/aromatic N) is 1. The molecule has 1 amide bonds. The second-order valence-electron chi connectivity index (χ2n) is 6.22. The molecule has 2 unspecified atom stereocenters. The van der Waals surface area contributed by atoms with Crippen LogP contribution >= 0.6 is 0 Å². The Hall–Kier alpha value is -1.14. The highest BCUT2D eigenvalue weighted by atomic mass is 16.5. The first-order chi connectivity index (χ1) is 10.1. The van der Waals surface area contributed by atoms with E-state index in [0.29, 0.717) is 6.61 Å². The van der Waals surface area contributed by atoms with Crippen molar-refractivity contribution in [3.05, 3.63) is 0 Å². The van der Waals surface area contributed by atoms with Crippen molar-refractivity contribution < 1.29 is 19.4 Å². The molecule has 0 spiro atoms. The summed E-state index contributed by atoms with van der Waals surface area (Å²) >= 11 is 0. The Morgan fingerprint density at radius 1 is 1.19 bits per heavy atom. The van der Waals surface area contributed by atoms with Crippen LogP contribution in [-0.2, 0) is 14.3 Å². The summed E-state index contributed by atoms with van der Waals surface area (Å²) in [7, 11) is 1.79. The number of nitrogens with one attached hydrogen (secondary N) is 1. The van der Waals surface area contributed by atoms with Gasteiger partial charge in [0.2, 0.25) is 5.91 Å². The molecule has 0 aromatic rings. The average molecular weight is 298 g/mol. The molecule has 2 aliphatic rings. The molecule has 2 fully saturated rings. The number of likely N-dealkylation sites (N-methyl/N-ethyl adjacent to an activating group) is 1. The molecule has 1 saturated heterocycles. The SMILES string of the molecule is CN(CC(=O)NC1CCCCCC1)C1COCC1C(=O)O. The Kier molecular flexibility index (Phi) is 5.99. The van der Waals surface area contributed by atoms with Crippen molar-refractivity contribution in [1.82, 2.24) is 10.2 Å². The fourth-order valence-electron chi connectivity index (χ4n) is 3.25. The molecule has 1 aliphatic heterocycles. The quantitative estimate of drug-likeness (QED) is 0.736. The minimum absolute atomic E-state index is 0.0135. The summed E-state index contributed by atoms with van der Waals surface area (Å²) in [5.74, 6) is -1.41. The molecule has 6 heteroatoms. The van der Waals surface area contributed by atoms with E-state index in [4.69, 9.17) is 9.84 Å². The number of hydrogen-bond acceptors (Lipinski definition) is 4. The van der Waals surface area contributed by atoms with Gasteiger partial charge in [-0.05, 0) is 19.9 Å². The Labute approximate surface area is 125 Å². The second-order valence-corrected chi connectivity index (χ2v) is 6.22. The zero-order chi connectivity index (χ0) is 15.2. The maximum absolute atomic E-state index is 12.1. The molecular weight excluding hydrogens is 272 g/mol. The first-order valence-electron chi connectivity index (χ1n) is 7.88. The third kappa shape index (κ3) is 4.68. The average Bonchev–Trinajstić information content (AvgIpc) is 2.79. The molecule has 0 aromatic heterocycles. The van der Waals surface area contributed by atoms with Gasteiger partial charge < -0.3 is 15.2 Å². The van der Waals surface area contributed by atoms with Gasteiger partial charge in [-0.1, -0.05) is 25.7 Å². The van der Waals surface area contributed by atoms with Gasteiger partial charge in [-0.3, -0.25) is 14.5 Å². The van der Waals surface area contributed by atoms with Crippen LogP contribution < -0.4 is 5.32 Å². The maximum atomic E-state index is 12.1. The van der Waals surface area contributed by atoms with E-state index in [-0.39, 0.29) is 31.1 Å². The van der Waals surface area contributed by atoms with E-state index in [9.17, 15) is 9.59 Å². The van der Waals surface area contributed by atoms with Crippen molar-refractivity contribution in [1.29, 1.82) is 0 Å². The van der Waals surface area contributed by atoms with Crippen molar-refractivity contribution in [2.24, 2.45) is 5.92 Å². The number of carboxylic acids is 1. The zero-order valence-electron chi connectivity index (χ0n) is 12.7. The molecule has 2 atom stereocenters. The predicted octanol–water partition coefficient (Wildman–Crippen LogP) is 0.857. The number of ether oxygens (including phenoxy) is 1. The Bertz CT molecular complexity index is 367. The van der Waals surface area contributed by atoms with Gasteiger partial charge in [-0.15, -0.1) is 0 Å². The van der Waals surface area contributed by atoms with Crippen molar-refractivity contribution in [3.63, 3.8) is 0 Å². The largest absolute Gasteiger partial charge is 0.481 e. The van der Waals surface area contributed by atoms with Gasteiger partial charge in [0.05, 0.1) is 25.7 Å². The normalized spacial score (nSPS) is 27.5. The molecule has 2 N–H and O–H groups in total. The molecule has 0 bridgehead atoms. The summed E-state index contributed by atoms with van der Waals surface area (Å²) in [4.78, 5) is 25.1. The van der Waals surface area contributed by atoms with Gasteiger partial charge in [-0.2, -0.15) is 0 Å². The van der Waals surface area contributed by atoms with Crippen molar-refractivity contribution in [2.75, 3.05) is 26.8 Å². The predicted molar refractivity (Wildman–Crippen MR) is 78.0 cm³/mol. The molecule has 0 aromatic carbocycles. The number of carboxylic acid groups (broad SMARTS) is 1. The summed E-state index contributed by atoms with van der Waals surface area (Å²) in [6.45, 7) is 0.840. The van der Waals surface area contributed by atoms with Crippen LogP contribution in [0.25, 0.3) is 0 Å². The van der Waals surface area contributed by atoms with Crippen LogP contribution in [0.1, 0.15) is 38.5 Å². The number of rotatable bonds is 5. The van der Waals surface area contributed by atoms with Crippen LogP contribution in [0.5, 0.6) is 0 Å². The van der Waals surface area contributed by atoms with E-state index in [1.165, 1.54) is 25.7 Å². The maximum Gasteiger partial charge on any atom is 0.310 e. The lowest BCUT2D eigenvalue weighted by Gasteiger charge is -2.26. The molecule has 2 rings (SSSR count). The lowest BCUT2D eigenvalue weighted by molar-refractivity contribution is -0.143. The van der Waals surface area contributed by atoms with E-state index in [2.05, 4.69) is 5.32 Å². The second kappa shape index (κ2) is 7.75. The van der Waals surface area contributed by atoms with Crippen LogP contribution in [0.3, 0.4) is 0 Å². The number of carbonyl (C=O) groups is 2. The molecule has 1 saturated carbocycles. The highest BCUT2D eigenvalue weighted by Gasteiger charge is 2.37. The molecular formula is C15H26N2O4. The monoisotopic (exact) mass is 298 g/mol. The molecule has 0 radical (unpaired) electrons. The lowest BCUT2D eigenvalue weighted by atomic mass is 10.0. The van der Waals surface area contributed by atoms with Crippen LogP contribution in [0, 0.1) is 5.92 Å². The van der Waals surface area contributed by atoms with Gasteiger partial charge >= 0.3 is 5.97 Å². The van der Waals surface area contributed by atoms with Gasteiger partial charge in [0.15, 0.2) is 0 Å². The topological polar surface area (TPSA) is 78.9 Å². The molecule has 6 nitrogen and oxygen atoms in total. The minimum Gasteiger partial charge on any atom is -0.481 e. The Morgan fingerprint density at radius 3 is 2.48 bits per heavy atom. The van der Waals surface area contributed by atoms with Crippen LogP contribution in [0.15, 0.2) is 0 Å². The highest BCUT2D eigenvalue weighted by Crippen LogP contribution is 2.19. The number of carbonyl (C=O) groups excluding carboxylic acids is 1. The van der Waals surface area contributed by atoms with E-state index in [1.54, 1.807) is 11.9 Å². The van der Waals surface area contributed by atoms with Crippen LogP contribution in [0.2, 0.25) is 0 Å². The summed E-state index contributed by atoms with van der Waals surface area (Å²) in [6, 6.07) is 0.0610. The van der Waals surface area contributed by atoms with Gasteiger partial charge in [0, 0.05) is 12.1 Å². The number of hydrogen-bond donors (Lipinski definition) is 2. The summed E-state index contributed by atoms with van der Waals surface area (Å²) in [5.41, 5.74) is 0. The lowest BCUT2D eigenvalue weighted by Crippen LogP contribution is -2.47. The first-order valence-corrected chi connectivity index (χ1v) is 7.88. The number of aliphatic carboxylic acids is 1. The standard InChI is InChI=1S/C15H26N2O4/c1-17(13-10-21-9-12(13)15(19)20)8-14(18)16-11-6-4-2-3-5-7-11/h11-13H,2-10H2,1H3,(H,16,18)(H,19,20). The van der Waals surface area contributed by atoms with Crippen molar-refractivity contribution >= 4 is 11.9 Å². The molecule has 21 heavy (non-hydrogen) atoms. The summed E-state index contributed by atoms with van der Waals surface area (Å²) in [6.07, 6.45) is 6.98. The van der Waals surface area contributed by atoms with Crippen molar-refractivity contribution in [3.8, 4) is 0 Å². The minimum atomic E-state index is -0.853. The van der Waals surface area contributed by atoms with Crippen molar-refractivity contribution in [2.45, 2.75) is 50.6 Å². The van der Waals surface area contributed by atoms with Gasteiger partial charge in [0.25, 0.3) is 0 Å². The fourth-order valence-corrected chi connectivity index (χ4v) is 3.25. The molecule has 1 aliphatic carbocycles. The number of amides is 1. The van der Waals surface area contributed by atoms with E-state index in [0.717, 1.165) is 12.8 Å². The first kappa shape index (κ1) is 16.2. The third-order valence-electron chi connectivity index (χ3n) is 4.55. The van der Waals surface area contributed by atoms with Gasteiger partial charge in [0.1, 0.15) is 0 Å². The van der Waals surface area contributed by atoms with Crippen LogP contribution in [0.4, 0.5) is 0 Å². The molecule has 1 heterocycles. The van der Waals surface area contributed by atoms with Crippen LogP contribution in [-0.4, -0.2) is 60.8 Å². The third-order valence-corrected chi connectivity index (χ3v) is 4.55. The Morgan fingerprint density at radius 2 is 1.86 bits per heavy atom. The summed E-state index contributed by atoms with van der Waals surface area (Å²) in [5, 5.41) is 12.2. The van der Waals surface area contributed by atoms with E-state index in [1.807, 2.05) is 0 Å². The van der Waals surface area contributed by atoms with E-state index >= 15 is 0 Å². The smallest absolute Gasteiger partial charge is 0.310 e. The zero-order valence-corrected chi connectivity index (χ0v) is 12.7. The Balaban J connectivity index is 1.79. The molecule has 120 valence electrons. The van der Waals surface area contributed by atoms with E-state index < -0.39 is 11.9 Å². The summed E-state index contributed by atoms with van der Waals surface area (Å²) < 4.78 is 5.25. The highest BCUT2D eigenvalue weighted by molar-refractivity contribution is 5.78. The van der Waals surface area contributed by atoms with Gasteiger partial charge in [-0.25, -0.2) is 0 Å².